The standard InChI is InChI=1S/C23H27N5S/c1-4-5-14-27-22(21(26-23(27)29)19-10-6-8-12-24-19)18-15-16(2)28(17(18)3)20-11-7-9-13-25-20/h6-13,15,21-22H,4-5,14H2,1-3H3,(H,26,29). The summed E-state index contributed by atoms with van der Waals surface area (Å²) in [4.78, 5) is 11.5. The van der Waals surface area contributed by atoms with Crippen LogP contribution in [0.25, 0.3) is 5.82 Å². The first-order valence-electron chi connectivity index (χ1n) is 10.2. The molecule has 1 aliphatic rings. The summed E-state index contributed by atoms with van der Waals surface area (Å²) >= 11 is 5.75. The van der Waals surface area contributed by atoms with Gasteiger partial charge in [-0.15, -0.1) is 0 Å². The topological polar surface area (TPSA) is 46.0 Å². The van der Waals surface area contributed by atoms with Gasteiger partial charge in [-0.05, 0) is 68.4 Å². The second kappa shape index (κ2) is 8.33. The van der Waals surface area contributed by atoms with E-state index in [-0.39, 0.29) is 12.1 Å². The summed E-state index contributed by atoms with van der Waals surface area (Å²) < 4.78 is 2.23. The zero-order chi connectivity index (χ0) is 20.4. The van der Waals surface area contributed by atoms with Crippen LogP contribution in [0, 0.1) is 13.8 Å². The smallest absolute Gasteiger partial charge is 0.170 e. The summed E-state index contributed by atoms with van der Waals surface area (Å²) in [6.45, 7) is 7.46. The number of nitrogens with one attached hydrogen (secondary N) is 1. The van der Waals surface area contributed by atoms with Gasteiger partial charge in [0.05, 0.1) is 17.8 Å². The van der Waals surface area contributed by atoms with Gasteiger partial charge in [0, 0.05) is 30.3 Å². The molecule has 1 saturated heterocycles. The maximum atomic E-state index is 5.75. The molecule has 29 heavy (non-hydrogen) atoms. The number of unbranched alkanes of at least 4 members (excludes halogenated alkanes) is 1. The molecule has 0 amide bonds. The molecule has 150 valence electrons. The molecule has 0 spiro atoms. The Morgan fingerprint density at radius 2 is 1.83 bits per heavy atom. The highest BCUT2D eigenvalue weighted by Gasteiger charge is 2.41. The summed E-state index contributed by atoms with van der Waals surface area (Å²) in [5.74, 6) is 0.941. The van der Waals surface area contributed by atoms with Gasteiger partial charge in [0.25, 0.3) is 0 Å². The van der Waals surface area contributed by atoms with E-state index in [0.717, 1.165) is 36.0 Å². The molecule has 0 saturated carbocycles. The first-order chi connectivity index (χ1) is 14.1. The van der Waals surface area contributed by atoms with Crippen LogP contribution in [0.1, 0.15) is 54.5 Å². The number of aryl methyl sites for hydroxylation is 1. The Labute approximate surface area is 177 Å². The van der Waals surface area contributed by atoms with Crippen LogP contribution in [-0.2, 0) is 0 Å². The van der Waals surface area contributed by atoms with E-state index in [1.807, 2.05) is 42.7 Å². The van der Waals surface area contributed by atoms with Crippen molar-refractivity contribution in [1.82, 2.24) is 24.8 Å². The first kappa shape index (κ1) is 19.6. The molecule has 3 aromatic rings. The lowest BCUT2D eigenvalue weighted by molar-refractivity contribution is 0.312. The molecule has 2 unspecified atom stereocenters. The van der Waals surface area contributed by atoms with Crippen LogP contribution in [0.5, 0.6) is 0 Å². The fourth-order valence-corrected chi connectivity index (χ4v) is 4.57. The van der Waals surface area contributed by atoms with E-state index in [4.69, 9.17) is 12.2 Å². The molecule has 5 nitrogen and oxygen atoms in total. The third-order valence-electron chi connectivity index (χ3n) is 5.62. The third-order valence-corrected chi connectivity index (χ3v) is 5.97. The van der Waals surface area contributed by atoms with Gasteiger partial charge >= 0.3 is 0 Å². The second-order valence-corrected chi connectivity index (χ2v) is 7.91. The second-order valence-electron chi connectivity index (χ2n) is 7.52. The Morgan fingerprint density at radius 1 is 1.07 bits per heavy atom. The van der Waals surface area contributed by atoms with Crippen molar-refractivity contribution in [3.63, 3.8) is 0 Å². The van der Waals surface area contributed by atoms with Crippen LogP contribution in [0.4, 0.5) is 0 Å². The summed E-state index contributed by atoms with van der Waals surface area (Å²) in [5.41, 5.74) is 4.65. The van der Waals surface area contributed by atoms with Crippen LogP contribution in [0.2, 0.25) is 0 Å². The highest BCUT2D eigenvalue weighted by molar-refractivity contribution is 7.80. The molecule has 1 fully saturated rings. The van der Waals surface area contributed by atoms with Crippen LogP contribution in [0.15, 0.2) is 54.9 Å². The van der Waals surface area contributed by atoms with E-state index in [2.05, 4.69) is 57.7 Å². The highest BCUT2D eigenvalue weighted by atomic mass is 32.1. The van der Waals surface area contributed by atoms with Crippen molar-refractivity contribution in [1.29, 1.82) is 0 Å². The van der Waals surface area contributed by atoms with Gasteiger partial charge in [-0.25, -0.2) is 4.98 Å². The number of hydrogen-bond donors (Lipinski definition) is 1. The number of nitrogens with zero attached hydrogens (tertiary/aromatic N) is 4. The molecule has 0 aliphatic carbocycles. The van der Waals surface area contributed by atoms with Gasteiger partial charge in [-0.3, -0.25) is 4.98 Å². The van der Waals surface area contributed by atoms with Crippen molar-refractivity contribution in [3.8, 4) is 5.82 Å². The monoisotopic (exact) mass is 405 g/mol. The number of pyridine rings is 2. The molecule has 1 N–H and O–H groups in total. The zero-order valence-corrected chi connectivity index (χ0v) is 18.0. The van der Waals surface area contributed by atoms with E-state index in [1.54, 1.807) is 0 Å². The molecule has 2 atom stereocenters. The summed E-state index contributed by atoms with van der Waals surface area (Å²) in [7, 11) is 0. The SMILES string of the molecule is CCCCN1C(=S)NC(c2ccccn2)C1c1cc(C)n(-c2ccccn2)c1C. The Hall–Kier alpha value is -2.73. The van der Waals surface area contributed by atoms with Crippen LogP contribution < -0.4 is 5.32 Å². The van der Waals surface area contributed by atoms with E-state index >= 15 is 0 Å². The van der Waals surface area contributed by atoms with Crippen molar-refractivity contribution in [3.05, 3.63) is 77.5 Å². The molecular formula is C23H27N5S. The number of hydrogen-bond acceptors (Lipinski definition) is 3. The zero-order valence-electron chi connectivity index (χ0n) is 17.2. The van der Waals surface area contributed by atoms with Crippen molar-refractivity contribution in [2.75, 3.05) is 6.54 Å². The van der Waals surface area contributed by atoms with E-state index in [1.165, 1.54) is 17.0 Å². The first-order valence-corrected chi connectivity index (χ1v) is 10.6. The molecule has 0 bridgehead atoms. The van der Waals surface area contributed by atoms with Gasteiger partial charge in [0.15, 0.2) is 5.11 Å². The number of aromatic nitrogens is 3. The lowest BCUT2D eigenvalue weighted by Crippen LogP contribution is -2.30. The van der Waals surface area contributed by atoms with Crippen LogP contribution >= 0.6 is 12.2 Å². The molecular weight excluding hydrogens is 378 g/mol. The minimum absolute atomic E-state index is 0.0261. The van der Waals surface area contributed by atoms with E-state index < -0.39 is 0 Å². The average molecular weight is 406 g/mol. The molecule has 4 heterocycles. The molecule has 0 radical (unpaired) electrons. The normalized spacial score (nSPS) is 18.9. The Bertz CT molecular complexity index is 983. The Kier molecular flexibility index (Phi) is 5.62. The van der Waals surface area contributed by atoms with Crippen LogP contribution in [0.3, 0.4) is 0 Å². The Morgan fingerprint density at radius 3 is 2.48 bits per heavy atom. The van der Waals surface area contributed by atoms with Crippen molar-refractivity contribution >= 4 is 17.3 Å². The van der Waals surface area contributed by atoms with Crippen molar-refractivity contribution in [2.24, 2.45) is 0 Å². The van der Waals surface area contributed by atoms with E-state index in [9.17, 15) is 0 Å². The van der Waals surface area contributed by atoms with Gasteiger partial charge < -0.3 is 14.8 Å². The lowest BCUT2D eigenvalue weighted by atomic mass is 9.96. The van der Waals surface area contributed by atoms with E-state index in [0.29, 0.717) is 0 Å². The fourth-order valence-electron chi connectivity index (χ4n) is 4.24. The molecule has 6 heteroatoms. The van der Waals surface area contributed by atoms with Gasteiger partial charge in [-0.2, -0.15) is 0 Å². The number of rotatable bonds is 6. The minimum Gasteiger partial charge on any atom is -0.352 e. The van der Waals surface area contributed by atoms with Crippen molar-refractivity contribution < 1.29 is 0 Å². The average Bonchev–Trinajstić information content (AvgIpc) is 3.23. The van der Waals surface area contributed by atoms with Crippen molar-refractivity contribution in [2.45, 2.75) is 45.7 Å². The maximum absolute atomic E-state index is 5.75. The quantitative estimate of drug-likeness (QED) is 0.605. The molecule has 4 rings (SSSR count). The maximum Gasteiger partial charge on any atom is 0.170 e. The minimum atomic E-state index is 0.0261. The third kappa shape index (κ3) is 3.65. The highest BCUT2D eigenvalue weighted by Crippen LogP contribution is 2.41. The predicted octanol–water partition coefficient (Wildman–Crippen LogP) is 4.66. The summed E-state index contributed by atoms with van der Waals surface area (Å²) in [6.07, 6.45) is 5.92. The lowest BCUT2D eigenvalue weighted by Gasteiger charge is -2.28. The van der Waals surface area contributed by atoms with Gasteiger partial charge in [0.1, 0.15) is 5.82 Å². The fraction of sp³-hybridized carbons (Fsp3) is 0.348. The Balaban J connectivity index is 1.81. The molecule has 3 aromatic heterocycles. The van der Waals surface area contributed by atoms with Gasteiger partial charge in [-0.1, -0.05) is 25.5 Å². The molecule has 1 aliphatic heterocycles. The summed E-state index contributed by atoms with van der Waals surface area (Å²) in [6, 6.07) is 14.5. The number of thiocarbonyl (C=S) groups is 1. The van der Waals surface area contributed by atoms with Gasteiger partial charge in [0.2, 0.25) is 0 Å². The molecule has 0 aromatic carbocycles. The van der Waals surface area contributed by atoms with Crippen LogP contribution in [-0.4, -0.2) is 31.1 Å². The largest absolute Gasteiger partial charge is 0.352 e. The predicted molar refractivity (Wildman–Crippen MR) is 120 cm³/mol. The summed E-state index contributed by atoms with van der Waals surface area (Å²) in [5, 5.41) is 4.35.